The van der Waals surface area contributed by atoms with E-state index in [1.807, 2.05) is 36.4 Å². The maximum atomic E-state index is 12.7. The molecule has 6 heteroatoms. The molecule has 0 aliphatic carbocycles. The maximum absolute atomic E-state index is 12.7. The number of carbonyl (C=O) groups excluding carboxylic acids is 2. The Morgan fingerprint density at radius 1 is 1.12 bits per heavy atom. The Balaban J connectivity index is 1.74. The van der Waals surface area contributed by atoms with E-state index in [0.717, 1.165) is 11.1 Å². The van der Waals surface area contributed by atoms with Crippen molar-refractivity contribution in [2.24, 2.45) is 0 Å². The molecule has 6 nitrogen and oxygen atoms in total. The van der Waals surface area contributed by atoms with E-state index >= 15 is 0 Å². The number of carbonyl (C=O) groups is 2. The van der Waals surface area contributed by atoms with E-state index in [1.165, 1.54) is 0 Å². The van der Waals surface area contributed by atoms with Crippen LogP contribution in [0.3, 0.4) is 0 Å². The highest BCUT2D eigenvalue weighted by atomic mass is 16.5. The van der Waals surface area contributed by atoms with E-state index < -0.39 is 6.04 Å². The van der Waals surface area contributed by atoms with Gasteiger partial charge in [0.25, 0.3) is 0 Å². The third-order valence-electron chi connectivity index (χ3n) is 4.38. The molecule has 1 aliphatic rings. The van der Waals surface area contributed by atoms with Crippen LogP contribution in [0.25, 0.3) is 0 Å². The van der Waals surface area contributed by atoms with E-state index in [9.17, 15) is 9.59 Å². The van der Waals surface area contributed by atoms with Crippen LogP contribution in [0.2, 0.25) is 0 Å². The van der Waals surface area contributed by atoms with Gasteiger partial charge in [0, 0.05) is 18.3 Å². The normalized spacial score (nSPS) is 17.8. The summed E-state index contributed by atoms with van der Waals surface area (Å²) in [4.78, 5) is 32.7. The first-order chi connectivity index (χ1) is 12.1. The molecule has 1 aromatic heterocycles. The SMILES string of the molecule is COc1ncccc1CN1C(=O)CN(Cc2ccccc2)C(=O)[C@@H]1C. The van der Waals surface area contributed by atoms with Gasteiger partial charge in [-0.1, -0.05) is 36.4 Å². The van der Waals surface area contributed by atoms with Crippen LogP contribution in [0.4, 0.5) is 0 Å². The summed E-state index contributed by atoms with van der Waals surface area (Å²) in [5.74, 6) is 0.349. The van der Waals surface area contributed by atoms with Gasteiger partial charge < -0.3 is 14.5 Å². The fraction of sp³-hybridized carbons (Fsp3) is 0.316. The van der Waals surface area contributed by atoms with Gasteiger partial charge in [0.1, 0.15) is 12.6 Å². The van der Waals surface area contributed by atoms with Crippen LogP contribution in [0.1, 0.15) is 18.1 Å². The van der Waals surface area contributed by atoms with Crippen molar-refractivity contribution < 1.29 is 14.3 Å². The fourth-order valence-electron chi connectivity index (χ4n) is 3.02. The van der Waals surface area contributed by atoms with Crippen LogP contribution in [0.15, 0.2) is 48.7 Å². The molecule has 2 heterocycles. The molecule has 0 spiro atoms. The third kappa shape index (κ3) is 3.63. The lowest BCUT2D eigenvalue weighted by atomic mass is 10.1. The molecule has 3 rings (SSSR count). The average molecular weight is 339 g/mol. The summed E-state index contributed by atoms with van der Waals surface area (Å²) in [6.07, 6.45) is 1.64. The van der Waals surface area contributed by atoms with Crippen LogP contribution < -0.4 is 4.74 Å². The Morgan fingerprint density at radius 3 is 2.60 bits per heavy atom. The Bertz CT molecular complexity index is 764. The molecule has 2 aromatic rings. The van der Waals surface area contributed by atoms with Crippen LogP contribution in [-0.4, -0.2) is 46.3 Å². The number of amides is 2. The Kier molecular flexibility index (Phi) is 4.97. The molecule has 1 fully saturated rings. The quantitative estimate of drug-likeness (QED) is 0.834. The summed E-state index contributed by atoms with van der Waals surface area (Å²) in [5.41, 5.74) is 1.80. The van der Waals surface area contributed by atoms with Gasteiger partial charge in [-0.2, -0.15) is 0 Å². The van der Waals surface area contributed by atoms with E-state index in [0.29, 0.717) is 19.0 Å². The van der Waals surface area contributed by atoms with Crippen molar-refractivity contribution in [3.8, 4) is 5.88 Å². The lowest BCUT2D eigenvalue weighted by molar-refractivity contribution is -0.156. The predicted molar refractivity (Wildman–Crippen MR) is 92.7 cm³/mol. The van der Waals surface area contributed by atoms with E-state index in [2.05, 4.69) is 4.98 Å². The van der Waals surface area contributed by atoms with Crippen molar-refractivity contribution in [3.05, 3.63) is 59.8 Å². The number of aromatic nitrogens is 1. The van der Waals surface area contributed by atoms with Gasteiger partial charge in [0.05, 0.1) is 13.7 Å². The topological polar surface area (TPSA) is 62.7 Å². The van der Waals surface area contributed by atoms with Crippen LogP contribution in [0, 0.1) is 0 Å². The number of hydrogen-bond acceptors (Lipinski definition) is 4. The standard InChI is InChI=1S/C19H21N3O3/c1-14-19(24)21(11-15-7-4-3-5-8-15)13-17(23)22(14)12-16-9-6-10-20-18(16)25-2/h3-10,14H,11-13H2,1-2H3/t14-/m0/s1. The highest BCUT2D eigenvalue weighted by Crippen LogP contribution is 2.22. The number of rotatable bonds is 5. The number of methoxy groups -OCH3 is 1. The number of hydrogen-bond donors (Lipinski definition) is 0. The summed E-state index contributed by atoms with van der Waals surface area (Å²) in [5, 5.41) is 0. The second kappa shape index (κ2) is 7.34. The molecule has 1 atom stereocenters. The highest BCUT2D eigenvalue weighted by Gasteiger charge is 2.36. The summed E-state index contributed by atoms with van der Waals surface area (Å²) in [7, 11) is 1.54. The first kappa shape index (κ1) is 17.0. The molecule has 25 heavy (non-hydrogen) atoms. The highest BCUT2D eigenvalue weighted by molar-refractivity contribution is 5.94. The lowest BCUT2D eigenvalue weighted by Gasteiger charge is -2.38. The van der Waals surface area contributed by atoms with Crippen LogP contribution >= 0.6 is 0 Å². The Hall–Kier alpha value is -2.89. The van der Waals surface area contributed by atoms with Gasteiger partial charge in [-0.05, 0) is 18.6 Å². The van der Waals surface area contributed by atoms with Crippen molar-refractivity contribution >= 4 is 11.8 Å². The minimum atomic E-state index is -0.519. The molecule has 0 N–H and O–H groups in total. The van der Waals surface area contributed by atoms with Crippen molar-refractivity contribution in [2.75, 3.05) is 13.7 Å². The Morgan fingerprint density at radius 2 is 1.88 bits per heavy atom. The zero-order valence-corrected chi connectivity index (χ0v) is 14.4. The van der Waals surface area contributed by atoms with Gasteiger partial charge in [-0.3, -0.25) is 9.59 Å². The van der Waals surface area contributed by atoms with Crippen molar-refractivity contribution in [2.45, 2.75) is 26.1 Å². The monoisotopic (exact) mass is 339 g/mol. The summed E-state index contributed by atoms with van der Waals surface area (Å²) in [6.45, 7) is 2.60. The number of benzene rings is 1. The molecule has 2 amide bonds. The maximum Gasteiger partial charge on any atom is 0.245 e. The van der Waals surface area contributed by atoms with Crippen LogP contribution in [0.5, 0.6) is 5.88 Å². The number of pyridine rings is 1. The minimum Gasteiger partial charge on any atom is -0.481 e. The molecular weight excluding hydrogens is 318 g/mol. The number of ether oxygens (including phenoxy) is 1. The van der Waals surface area contributed by atoms with Gasteiger partial charge in [-0.15, -0.1) is 0 Å². The third-order valence-corrected chi connectivity index (χ3v) is 4.38. The minimum absolute atomic E-state index is 0.0497. The first-order valence-electron chi connectivity index (χ1n) is 8.20. The number of piperazine rings is 1. The van der Waals surface area contributed by atoms with Gasteiger partial charge >= 0.3 is 0 Å². The van der Waals surface area contributed by atoms with Crippen LogP contribution in [-0.2, 0) is 22.7 Å². The Labute approximate surface area is 147 Å². The summed E-state index contributed by atoms with van der Waals surface area (Å²) >= 11 is 0. The summed E-state index contributed by atoms with van der Waals surface area (Å²) < 4.78 is 5.24. The summed E-state index contributed by atoms with van der Waals surface area (Å²) in [6, 6.07) is 12.8. The second-order valence-electron chi connectivity index (χ2n) is 6.05. The zero-order chi connectivity index (χ0) is 17.8. The average Bonchev–Trinajstić information content (AvgIpc) is 2.64. The fourth-order valence-corrected chi connectivity index (χ4v) is 3.02. The number of nitrogens with zero attached hydrogens (tertiary/aromatic N) is 3. The molecule has 0 radical (unpaired) electrons. The van der Waals surface area contributed by atoms with E-state index in [4.69, 9.17) is 4.74 Å². The van der Waals surface area contributed by atoms with E-state index in [-0.39, 0.29) is 18.4 Å². The molecule has 130 valence electrons. The lowest BCUT2D eigenvalue weighted by Crippen LogP contribution is -2.58. The van der Waals surface area contributed by atoms with Crippen molar-refractivity contribution in [3.63, 3.8) is 0 Å². The second-order valence-corrected chi connectivity index (χ2v) is 6.05. The zero-order valence-electron chi connectivity index (χ0n) is 14.4. The van der Waals surface area contributed by atoms with Crippen molar-refractivity contribution in [1.82, 2.24) is 14.8 Å². The molecule has 0 bridgehead atoms. The van der Waals surface area contributed by atoms with Gasteiger partial charge in [0.15, 0.2) is 0 Å². The largest absolute Gasteiger partial charge is 0.481 e. The molecule has 1 saturated heterocycles. The van der Waals surface area contributed by atoms with Crippen molar-refractivity contribution in [1.29, 1.82) is 0 Å². The molecular formula is C19H21N3O3. The smallest absolute Gasteiger partial charge is 0.245 e. The molecule has 0 unspecified atom stereocenters. The molecule has 1 aromatic carbocycles. The molecule has 0 saturated carbocycles. The first-order valence-corrected chi connectivity index (χ1v) is 8.20. The van der Waals surface area contributed by atoms with Gasteiger partial charge in [-0.25, -0.2) is 4.98 Å². The van der Waals surface area contributed by atoms with Gasteiger partial charge in [0.2, 0.25) is 17.7 Å². The predicted octanol–water partition coefficient (Wildman–Crippen LogP) is 1.85. The van der Waals surface area contributed by atoms with E-state index in [1.54, 1.807) is 36.1 Å². The molecule has 1 aliphatic heterocycles.